The summed E-state index contributed by atoms with van der Waals surface area (Å²) in [4.78, 5) is 14.0. The SMILES string of the molecule is C[C@]1(O)CC2(CCN(C(=O)c3cccc(F)c3O)CC2)OC[C@@H]1O. The number of nitrogens with zero attached hydrogens (tertiary/aromatic N) is 1. The fourth-order valence-electron chi connectivity index (χ4n) is 3.55. The quantitative estimate of drug-likeness (QED) is 0.711. The van der Waals surface area contributed by atoms with Crippen molar-refractivity contribution in [1.29, 1.82) is 0 Å². The molecule has 0 unspecified atom stereocenters. The number of halogens is 1. The first-order valence-electron chi connectivity index (χ1n) is 8.05. The summed E-state index contributed by atoms with van der Waals surface area (Å²) < 4.78 is 19.2. The molecule has 1 aromatic carbocycles. The summed E-state index contributed by atoms with van der Waals surface area (Å²) in [5, 5.41) is 29.8. The molecule has 3 N–H and O–H groups in total. The van der Waals surface area contributed by atoms with Gasteiger partial charge in [-0.05, 0) is 31.9 Å². The van der Waals surface area contributed by atoms with Crippen molar-refractivity contribution in [3.8, 4) is 5.75 Å². The lowest BCUT2D eigenvalue weighted by molar-refractivity contribution is -0.221. The van der Waals surface area contributed by atoms with Gasteiger partial charge in [-0.2, -0.15) is 0 Å². The molecule has 2 aliphatic rings. The number of aliphatic hydroxyl groups excluding tert-OH is 1. The van der Waals surface area contributed by atoms with E-state index in [2.05, 4.69) is 0 Å². The lowest BCUT2D eigenvalue weighted by Gasteiger charge is -2.49. The monoisotopic (exact) mass is 339 g/mol. The van der Waals surface area contributed by atoms with E-state index in [0.29, 0.717) is 32.4 Å². The highest BCUT2D eigenvalue weighted by molar-refractivity contribution is 5.96. The Bertz CT molecular complexity index is 640. The molecule has 2 aliphatic heterocycles. The fourth-order valence-corrected chi connectivity index (χ4v) is 3.55. The third kappa shape index (κ3) is 2.99. The standard InChI is InChI=1S/C17H22FNO5/c1-16(23)10-17(24-9-13(16)20)5-7-19(8-6-17)15(22)11-3-2-4-12(18)14(11)21/h2-4,13,20-21,23H,5-10H2,1H3/t13-,16-/m0/s1. The van der Waals surface area contributed by atoms with Crippen LogP contribution in [0.3, 0.4) is 0 Å². The van der Waals surface area contributed by atoms with Gasteiger partial charge in [0.15, 0.2) is 11.6 Å². The normalized spacial score (nSPS) is 29.7. The van der Waals surface area contributed by atoms with Crippen LogP contribution in [0.4, 0.5) is 4.39 Å². The highest BCUT2D eigenvalue weighted by Crippen LogP contribution is 2.40. The third-order valence-electron chi connectivity index (χ3n) is 5.12. The van der Waals surface area contributed by atoms with Crippen LogP contribution in [0.15, 0.2) is 18.2 Å². The molecule has 0 saturated carbocycles. The molecule has 6 nitrogen and oxygen atoms in total. The molecule has 1 aromatic rings. The molecule has 24 heavy (non-hydrogen) atoms. The van der Waals surface area contributed by atoms with Crippen molar-refractivity contribution < 1.29 is 29.2 Å². The van der Waals surface area contributed by atoms with Crippen molar-refractivity contribution in [1.82, 2.24) is 4.90 Å². The van der Waals surface area contributed by atoms with Crippen LogP contribution < -0.4 is 0 Å². The van der Waals surface area contributed by atoms with Crippen molar-refractivity contribution in [3.63, 3.8) is 0 Å². The van der Waals surface area contributed by atoms with E-state index in [1.165, 1.54) is 12.1 Å². The number of likely N-dealkylation sites (tertiary alicyclic amines) is 1. The molecule has 0 radical (unpaired) electrons. The number of carbonyl (C=O) groups is 1. The molecule has 3 rings (SSSR count). The number of phenols is 1. The van der Waals surface area contributed by atoms with Crippen molar-refractivity contribution in [2.45, 2.75) is 43.5 Å². The number of aromatic hydroxyl groups is 1. The summed E-state index contributed by atoms with van der Waals surface area (Å²) in [7, 11) is 0. The minimum absolute atomic E-state index is 0.0575. The second-order valence-electron chi connectivity index (χ2n) is 6.97. The largest absolute Gasteiger partial charge is 0.504 e. The summed E-state index contributed by atoms with van der Waals surface area (Å²) in [5.74, 6) is -1.89. The summed E-state index contributed by atoms with van der Waals surface area (Å²) in [6.07, 6.45) is 0.399. The predicted molar refractivity (Wildman–Crippen MR) is 83.1 cm³/mol. The van der Waals surface area contributed by atoms with E-state index in [9.17, 15) is 24.5 Å². The van der Waals surface area contributed by atoms with Gasteiger partial charge in [0.1, 0.15) is 6.10 Å². The first kappa shape index (κ1) is 17.1. The molecule has 0 aromatic heterocycles. The van der Waals surface area contributed by atoms with Gasteiger partial charge in [-0.3, -0.25) is 4.79 Å². The summed E-state index contributed by atoms with van der Waals surface area (Å²) >= 11 is 0. The van der Waals surface area contributed by atoms with Crippen molar-refractivity contribution in [2.75, 3.05) is 19.7 Å². The summed E-state index contributed by atoms with van der Waals surface area (Å²) in [6.45, 7) is 2.40. The van der Waals surface area contributed by atoms with Crippen LogP contribution in [0.2, 0.25) is 0 Å². The van der Waals surface area contributed by atoms with Crippen LogP contribution in [0.5, 0.6) is 5.75 Å². The van der Waals surface area contributed by atoms with E-state index in [0.717, 1.165) is 6.07 Å². The van der Waals surface area contributed by atoms with E-state index >= 15 is 0 Å². The van der Waals surface area contributed by atoms with Crippen LogP contribution >= 0.6 is 0 Å². The molecule has 1 amide bonds. The Hall–Kier alpha value is -1.70. The van der Waals surface area contributed by atoms with E-state index < -0.39 is 34.8 Å². The molecule has 2 fully saturated rings. The average molecular weight is 339 g/mol. The summed E-state index contributed by atoms with van der Waals surface area (Å²) in [6, 6.07) is 3.88. The maximum atomic E-state index is 13.4. The first-order chi connectivity index (χ1) is 11.2. The lowest BCUT2D eigenvalue weighted by atomic mass is 9.76. The van der Waals surface area contributed by atoms with Crippen LogP contribution in [0.25, 0.3) is 0 Å². The summed E-state index contributed by atoms with van der Waals surface area (Å²) in [5.41, 5.74) is -1.84. The van der Waals surface area contributed by atoms with Gasteiger partial charge in [0.25, 0.3) is 5.91 Å². The first-order valence-corrected chi connectivity index (χ1v) is 8.05. The highest BCUT2D eigenvalue weighted by atomic mass is 19.1. The number of ether oxygens (including phenoxy) is 1. The highest BCUT2D eigenvalue weighted by Gasteiger charge is 2.49. The van der Waals surface area contributed by atoms with Gasteiger partial charge in [0.05, 0.1) is 23.4 Å². The average Bonchev–Trinajstić information content (AvgIpc) is 2.54. The number of para-hydroxylation sites is 1. The van der Waals surface area contributed by atoms with Gasteiger partial charge in [0.2, 0.25) is 0 Å². The number of carbonyl (C=O) groups excluding carboxylic acids is 1. The van der Waals surface area contributed by atoms with Gasteiger partial charge in [-0.1, -0.05) is 6.07 Å². The zero-order valence-corrected chi connectivity index (χ0v) is 13.5. The lowest BCUT2D eigenvalue weighted by Crippen LogP contribution is -2.59. The van der Waals surface area contributed by atoms with Gasteiger partial charge in [-0.25, -0.2) is 4.39 Å². The number of phenolic OH excluding ortho intramolecular Hbond substituents is 1. The third-order valence-corrected chi connectivity index (χ3v) is 5.12. The Balaban J connectivity index is 1.69. The minimum Gasteiger partial charge on any atom is -0.504 e. The van der Waals surface area contributed by atoms with Crippen molar-refractivity contribution in [3.05, 3.63) is 29.6 Å². The van der Waals surface area contributed by atoms with Gasteiger partial charge >= 0.3 is 0 Å². The molecule has 2 saturated heterocycles. The number of aliphatic hydroxyl groups is 2. The molecule has 1 spiro atoms. The molecular formula is C17H22FNO5. The van der Waals surface area contributed by atoms with Crippen molar-refractivity contribution in [2.24, 2.45) is 0 Å². The number of hydrogen-bond donors (Lipinski definition) is 3. The molecule has 2 heterocycles. The van der Waals surface area contributed by atoms with Gasteiger partial charge in [0, 0.05) is 19.5 Å². The minimum atomic E-state index is -1.22. The van der Waals surface area contributed by atoms with Crippen LogP contribution in [0.1, 0.15) is 36.5 Å². The Morgan fingerprint density at radius 2 is 2.04 bits per heavy atom. The second kappa shape index (κ2) is 5.98. The van der Waals surface area contributed by atoms with E-state index in [1.807, 2.05) is 0 Å². The topological polar surface area (TPSA) is 90.2 Å². The maximum absolute atomic E-state index is 13.4. The van der Waals surface area contributed by atoms with Crippen LogP contribution in [-0.4, -0.2) is 63.1 Å². The number of hydrogen-bond acceptors (Lipinski definition) is 5. The van der Waals surface area contributed by atoms with Gasteiger partial charge in [-0.15, -0.1) is 0 Å². The van der Waals surface area contributed by atoms with E-state index in [4.69, 9.17) is 4.74 Å². The number of benzene rings is 1. The fraction of sp³-hybridized carbons (Fsp3) is 0.588. The number of piperidine rings is 1. The predicted octanol–water partition coefficient (Wildman–Crippen LogP) is 1.04. The maximum Gasteiger partial charge on any atom is 0.257 e. The zero-order chi connectivity index (χ0) is 17.5. The van der Waals surface area contributed by atoms with Crippen LogP contribution in [0, 0.1) is 5.82 Å². The molecule has 0 bridgehead atoms. The molecule has 132 valence electrons. The number of rotatable bonds is 1. The Kier molecular flexibility index (Phi) is 4.27. The molecule has 7 heteroatoms. The van der Waals surface area contributed by atoms with E-state index in [-0.39, 0.29) is 12.2 Å². The Labute approximate surface area is 139 Å². The van der Waals surface area contributed by atoms with E-state index in [1.54, 1.807) is 11.8 Å². The van der Waals surface area contributed by atoms with Crippen molar-refractivity contribution >= 4 is 5.91 Å². The Morgan fingerprint density at radius 3 is 2.67 bits per heavy atom. The van der Waals surface area contributed by atoms with Gasteiger partial charge < -0.3 is 25.0 Å². The molecule has 2 atom stereocenters. The molecule has 0 aliphatic carbocycles. The number of amides is 1. The van der Waals surface area contributed by atoms with Crippen LogP contribution in [-0.2, 0) is 4.74 Å². The second-order valence-corrected chi connectivity index (χ2v) is 6.97. The smallest absolute Gasteiger partial charge is 0.257 e. The Morgan fingerprint density at radius 1 is 1.38 bits per heavy atom. The molecular weight excluding hydrogens is 317 g/mol. The zero-order valence-electron chi connectivity index (χ0n) is 13.5.